The van der Waals surface area contributed by atoms with Crippen LogP contribution in [-0.4, -0.2) is 42.4 Å². The molecule has 1 atom stereocenters. The fraction of sp³-hybridized carbons (Fsp3) is 0.481. The Balaban J connectivity index is 1.31. The number of nitrogens with one attached hydrogen (secondary N) is 1. The zero-order valence-corrected chi connectivity index (χ0v) is 19.5. The fourth-order valence-corrected chi connectivity index (χ4v) is 4.57. The summed E-state index contributed by atoms with van der Waals surface area (Å²) in [6.07, 6.45) is 2.51. The Hall–Kier alpha value is -2.82. The van der Waals surface area contributed by atoms with Crippen LogP contribution in [0.1, 0.15) is 55.1 Å². The molecule has 0 spiro atoms. The van der Waals surface area contributed by atoms with Gasteiger partial charge >= 0.3 is 0 Å². The number of hydrogen-bond donors (Lipinski definition) is 1. The van der Waals surface area contributed by atoms with Crippen LogP contribution in [0.25, 0.3) is 0 Å². The van der Waals surface area contributed by atoms with Crippen LogP contribution in [0, 0.1) is 11.8 Å². The van der Waals surface area contributed by atoms with Gasteiger partial charge in [-0.1, -0.05) is 38.1 Å². The van der Waals surface area contributed by atoms with E-state index >= 15 is 0 Å². The van der Waals surface area contributed by atoms with Gasteiger partial charge < -0.3 is 15.1 Å². The average Bonchev–Trinajstić information content (AvgIpc) is 2.83. The van der Waals surface area contributed by atoms with Crippen molar-refractivity contribution in [2.45, 2.75) is 52.6 Å². The largest absolute Gasteiger partial charge is 0.367 e. The molecule has 2 heterocycles. The predicted octanol–water partition coefficient (Wildman–Crippen LogP) is 4.26. The Morgan fingerprint density at radius 2 is 1.56 bits per heavy atom. The average molecular weight is 434 g/mol. The number of carbonyl (C=O) groups excluding carboxylic acids is 2. The minimum atomic E-state index is 0.00426. The first-order valence-corrected chi connectivity index (χ1v) is 11.9. The van der Waals surface area contributed by atoms with Crippen LogP contribution in [0.15, 0.2) is 48.5 Å². The third kappa shape index (κ3) is 4.98. The first-order valence-electron chi connectivity index (χ1n) is 11.9. The van der Waals surface area contributed by atoms with Gasteiger partial charge in [-0.3, -0.25) is 9.59 Å². The van der Waals surface area contributed by atoms with Gasteiger partial charge in [-0.15, -0.1) is 0 Å². The molecule has 0 aromatic heterocycles. The lowest BCUT2D eigenvalue weighted by atomic mass is 9.94. The molecule has 2 aliphatic rings. The summed E-state index contributed by atoms with van der Waals surface area (Å²) in [6, 6.07) is 16.8. The summed E-state index contributed by atoms with van der Waals surface area (Å²) >= 11 is 0. The Bertz CT molecular complexity index is 946. The quantitative estimate of drug-likeness (QED) is 0.766. The van der Waals surface area contributed by atoms with Gasteiger partial charge in [0.15, 0.2) is 0 Å². The Kier molecular flexibility index (Phi) is 6.83. The van der Waals surface area contributed by atoms with E-state index in [1.54, 1.807) is 0 Å². The van der Waals surface area contributed by atoms with Crippen LogP contribution in [0.4, 0.5) is 5.69 Å². The molecule has 0 aliphatic carbocycles. The van der Waals surface area contributed by atoms with Crippen molar-refractivity contribution in [1.29, 1.82) is 0 Å². The van der Waals surface area contributed by atoms with Crippen LogP contribution >= 0.6 is 0 Å². The van der Waals surface area contributed by atoms with E-state index in [2.05, 4.69) is 60.5 Å². The minimum Gasteiger partial charge on any atom is -0.367 e. The van der Waals surface area contributed by atoms with Gasteiger partial charge in [-0.2, -0.15) is 0 Å². The van der Waals surface area contributed by atoms with E-state index < -0.39 is 0 Å². The molecule has 1 N–H and O–H groups in total. The van der Waals surface area contributed by atoms with E-state index in [9.17, 15) is 9.59 Å². The number of hydrogen-bond acceptors (Lipinski definition) is 3. The van der Waals surface area contributed by atoms with E-state index in [4.69, 9.17) is 0 Å². The van der Waals surface area contributed by atoms with E-state index in [-0.39, 0.29) is 23.8 Å². The first kappa shape index (κ1) is 22.4. The maximum atomic E-state index is 13.0. The van der Waals surface area contributed by atoms with Crippen LogP contribution < -0.4 is 10.2 Å². The number of amides is 2. The normalized spacial score (nSPS) is 17.8. The molecule has 170 valence electrons. The molecule has 1 unspecified atom stereocenters. The second-order valence-corrected chi connectivity index (χ2v) is 9.59. The van der Waals surface area contributed by atoms with E-state index in [0.717, 1.165) is 43.6 Å². The third-order valence-electron chi connectivity index (χ3n) is 7.13. The molecule has 2 aromatic carbocycles. The molecule has 1 saturated heterocycles. The molecule has 0 radical (unpaired) electrons. The van der Waals surface area contributed by atoms with Crippen molar-refractivity contribution < 1.29 is 9.59 Å². The number of nitrogens with zero attached hydrogens (tertiary/aromatic N) is 2. The van der Waals surface area contributed by atoms with Crippen LogP contribution in [0.5, 0.6) is 0 Å². The van der Waals surface area contributed by atoms with Crippen molar-refractivity contribution in [3.05, 3.63) is 65.2 Å². The standard InChI is InChI=1S/C27H35N3O2/c1-19(2)20(3)28-26(31)22-13-15-29(16-14-22)27(32)23-8-10-25(11-9-23)30-17-12-21-6-4-5-7-24(21)18-30/h4-11,19-20,22H,12-18H2,1-3H3,(H,28,31). The zero-order valence-electron chi connectivity index (χ0n) is 19.5. The summed E-state index contributed by atoms with van der Waals surface area (Å²) in [5, 5.41) is 3.12. The number of fused-ring (bicyclic) bond motifs is 1. The number of anilines is 1. The van der Waals surface area contributed by atoms with Gasteiger partial charge in [-0.25, -0.2) is 0 Å². The SMILES string of the molecule is CC(C)C(C)NC(=O)C1CCN(C(=O)c2ccc(N3CCc4ccccc4C3)cc2)CC1. The van der Waals surface area contributed by atoms with Gasteiger partial charge in [0.2, 0.25) is 5.91 Å². The number of piperidine rings is 1. The number of carbonyl (C=O) groups is 2. The molecule has 1 fully saturated rings. The molecule has 0 saturated carbocycles. The Morgan fingerprint density at radius 1 is 0.906 bits per heavy atom. The topological polar surface area (TPSA) is 52.7 Å². The molecule has 2 aromatic rings. The summed E-state index contributed by atoms with van der Waals surface area (Å²) in [7, 11) is 0. The predicted molar refractivity (Wildman–Crippen MR) is 129 cm³/mol. The maximum Gasteiger partial charge on any atom is 0.253 e. The van der Waals surface area contributed by atoms with Crippen LogP contribution in [0.3, 0.4) is 0 Å². The minimum absolute atomic E-state index is 0.00426. The third-order valence-corrected chi connectivity index (χ3v) is 7.13. The molecule has 5 nitrogen and oxygen atoms in total. The summed E-state index contributed by atoms with van der Waals surface area (Å²) in [5.74, 6) is 0.619. The summed E-state index contributed by atoms with van der Waals surface area (Å²) in [4.78, 5) is 29.8. The Labute approximate surface area is 191 Å². The lowest BCUT2D eigenvalue weighted by Gasteiger charge is -2.33. The van der Waals surface area contributed by atoms with Crippen molar-refractivity contribution in [3.8, 4) is 0 Å². The smallest absolute Gasteiger partial charge is 0.253 e. The Morgan fingerprint density at radius 3 is 2.22 bits per heavy atom. The highest BCUT2D eigenvalue weighted by Crippen LogP contribution is 2.26. The second kappa shape index (κ2) is 9.76. The summed E-state index contributed by atoms with van der Waals surface area (Å²) < 4.78 is 0. The molecule has 5 heteroatoms. The zero-order chi connectivity index (χ0) is 22.7. The highest BCUT2D eigenvalue weighted by atomic mass is 16.2. The van der Waals surface area contributed by atoms with Gasteiger partial charge in [0, 0.05) is 49.4 Å². The number of benzene rings is 2. The van der Waals surface area contributed by atoms with Crippen LogP contribution in [0.2, 0.25) is 0 Å². The molecular weight excluding hydrogens is 398 g/mol. The molecule has 32 heavy (non-hydrogen) atoms. The second-order valence-electron chi connectivity index (χ2n) is 9.59. The van der Waals surface area contributed by atoms with Crippen molar-refractivity contribution >= 4 is 17.5 Å². The first-order chi connectivity index (χ1) is 15.4. The lowest BCUT2D eigenvalue weighted by Crippen LogP contribution is -2.45. The van der Waals surface area contributed by atoms with Crippen LogP contribution in [-0.2, 0) is 17.8 Å². The van der Waals surface area contributed by atoms with Gasteiger partial charge in [-0.05, 0) is 67.5 Å². The van der Waals surface area contributed by atoms with Gasteiger partial charge in [0.05, 0.1) is 0 Å². The molecule has 2 aliphatic heterocycles. The number of likely N-dealkylation sites (tertiary alicyclic amines) is 1. The van der Waals surface area contributed by atoms with Gasteiger partial charge in [0.1, 0.15) is 0 Å². The van der Waals surface area contributed by atoms with E-state index in [1.165, 1.54) is 11.1 Å². The monoisotopic (exact) mass is 433 g/mol. The summed E-state index contributed by atoms with van der Waals surface area (Å²) in [6.45, 7) is 9.45. The molecule has 2 amide bonds. The van der Waals surface area contributed by atoms with E-state index in [0.29, 0.717) is 19.0 Å². The highest BCUT2D eigenvalue weighted by molar-refractivity contribution is 5.94. The summed E-state index contributed by atoms with van der Waals surface area (Å²) in [5.41, 5.74) is 4.70. The molecule has 4 rings (SSSR count). The van der Waals surface area contributed by atoms with Crippen molar-refractivity contribution in [3.63, 3.8) is 0 Å². The van der Waals surface area contributed by atoms with Gasteiger partial charge in [0.25, 0.3) is 5.91 Å². The van der Waals surface area contributed by atoms with Crippen molar-refractivity contribution in [2.24, 2.45) is 11.8 Å². The fourth-order valence-electron chi connectivity index (χ4n) is 4.57. The molecular formula is C27H35N3O2. The van der Waals surface area contributed by atoms with Crippen molar-refractivity contribution in [2.75, 3.05) is 24.5 Å². The molecule has 0 bridgehead atoms. The number of rotatable bonds is 5. The highest BCUT2D eigenvalue weighted by Gasteiger charge is 2.29. The lowest BCUT2D eigenvalue weighted by molar-refractivity contribution is -0.127. The van der Waals surface area contributed by atoms with Crippen molar-refractivity contribution in [1.82, 2.24) is 10.2 Å². The van der Waals surface area contributed by atoms with E-state index in [1.807, 2.05) is 24.0 Å². The maximum absolute atomic E-state index is 13.0.